The molecule has 1 aromatic heterocycles. The van der Waals surface area contributed by atoms with E-state index in [0.717, 1.165) is 41.4 Å². The van der Waals surface area contributed by atoms with Gasteiger partial charge in [-0.25, -0.2) is 13.4 Å². The summed E-state index contributed by atoms with van der Waals surface area (Å²) < 4.78 is 40.2. The van der Waals surface area contributed by atoms with Crippen molar-refractivity contribution in [3.63, 3.8) is 0 Å². The first-order valence-corrected chi connectivity index (χ1v) is 20.6. The second-order valence-electron chi connectivity index (χ2n) is 17.2. The third-order valence-corrected chi connectivity index (χ3v) is 14.0. The third-order valence-electron chi connectivity index (χ3n) is 11.8. The third kappa shape index (κ3) is 7.29. The lowest BCUT2D eigenvalue weighted by Crippen LogP contribution is -2.57. The summed E-state index contributed by atoms with van der Waals surface area (Å²) in [6.07, 6.45) is 9.77. The predicted octanol–water partition coefficient (Wildman–Crippen LogP) is 4.95. The molecule has 4 heterocycles. The van der Waals surface area contributed by atoms with E-state index in [-0.39, 0.29) is 31.7 Å². The number of nitrogens with one attached hydrogen (secondary N) is 2. The molecule has 12 nitrogen and oxygen atoms in total. The molecule has 7 rings (SSSR count). The van der Waals surface area contributed by atoms with Gasteiger partial charge in [0.15, 0.2) is 0 Å². The number of fused-ring (bicyclic) bond motifs is 5. The summed E-state index contributed by atoms with van der Waals surface area (Å²) in [6, 6.07) is 6.87. The number of sulfonamides is 1. The molecule has 3 fully saturated rings. The van der Waals surface area contributed by atoms with Crippen molar-refractivity contribution in [1.82, 2.24) is 19.9 Å². The van der Waals surface area contributed by atoms with Crippen molar-refractivity contribution in [1.29, 1.82) is 0 Å². The van der Waals surface area contributed by atoms with Gasteiger partial charge in [0.2, 0.25) is 21.8 Å². The Bertz CT molecular complexity index is 1980. The van der Waals surface area contributed by atoms with Crippen LogP contribution in [0.1, 0.15) is 110 Å². The number of para-hydroxylation sites is 1. The number of allylic oxidation sites excluding steroid dienone is 1. The van der Waals surface area contributed by atoms with Crippen LogP contribution in [0.25, 0.3) is 10.9 Å². The molecule has 3 aliphatic heterocycles. The topological polar surface area (TPSA) is 161 Å². The average molecular weight is 749 g/mol. The first-order valence-electron chi connectivity index (χ1n) is 19.1. The van der Waals surface area contributed by atoms with Crippen LogP contribution in [0.5, 0.6) is 5.75 Å². The number of benzene rings is 1. The average Bonchev–Trinajstić information content (AvgIpc) is 3.97. The molecule has 2 aromatic rings. The number of pyridine rings is 1. The fourth-order valence-electron chi connectivity index (χ4n) is 8.36. The van der Waals surface area contributed by atoms with E-state index >= 15 is 0 Å². The van der Waals surface area contributed by atoms with Gasteiger partial charge < -0.3 is 19.7 Å². The van der Waals surface area contributed by atoms with Gasteiger partial charge in [-0.3, -0.25) is 23.9 Å². The highest BCUT2D eigenvalue weighted by atomic mass is 32.2. The van der Waals surface area contributed by atoms with Crippen molar-refractivity contribution in [2.24, 2.45) is 11.8 Å². The zero-order chi connectivity index (χ0) is 38.0. The van der Waals surface area contributed by atoms with Gasteiger partial charge in [0, 0.05) is 29.2 Å². The highest BCUT2D eigenvalue weighted by Crippen LogP contribution is 2.49. The Hall–Kier alpha value is -4.00. The predicted molar refractivity (Wildman–Crippen MR) is 198 cm³/mol. The van der Waals surface area contributed by atoms with Crippen LogP contribution >= 0.6 is 0 Å². The summed E-state index contributed by atoms with van der Waals surface area (Å²) in [5.41, 5.74) is -0.511. The quantitative estimate of drug-likeness (QED) is 0.319. The number of nitrogens with zero attached hydrogens (tertiary/aromatic N) is 2. The molecule has 1 aromatic carbocycles. The lowest BCUT2D eigenvalue weighted by atomic mass is 9.87. The van der Waals surface area contributed by atoms with Gasteiger partial charge >= 0.3 is 5.97 Å². The first-order chi connectivity index (χ1) is 24.9. The molecule has 53 heavy (non-hydrogen) atoms. The highest BCUT2D eigenvalue weighted by molar-refractivity contribution is 7.91. The lowest BCUT2D eigenvalue weighted by molar-refractivity contribution is -0.159. The van der Waals surface area contributed by atoms with Crippen LogP contribution in [0, 0.1) is 18.8 Å². The smallest absolute Gasteiger partial charge is 0.307 e. The molecule has 286 valence electrons. The Labute approximate surface area is 311 Å². The molecular weight excluding hydrogens is 697 g/mol. The Morgan fingerprint density at radius 2 is 1.85 bits per heavy atom. The number of carbonyl (C=O) groups excluding carboxylic acids is 4. The number of hydrogen-bond acceptors (Lipinski definition) is 9. The maximum atomic E-state index is 14.7. The SMILES string of the molecule is Cc1nc2ccccc2c2c1O[C@]1(CC2)C[C@H]2C(=O)N[C@]3(C(=O)NS(=O)(=O)C4(C)CC4)C[C@H]3/C=C\CCCCC[C@H](CC(=O)OC(C)(C)C)C(=O)N2C1. The van der Waals surface area contributed by atoms with E-state index in [4.69, 9.17) is 14.5 Å². The van der Waals surface area contributed by atoms with Gasteiger partial charge in [-0.15, -0.1) is 0 Å². The molecule has 5 atom stereocenters. The van der Waals surface area contributed by atoms with Crippen molar-refractivity contribution in [3.8, 4) is 5.75 Å². The summed E-state index contributed by atoms with van der Waals surface area (Å²) in [7, 11) is -3.97. The fraction of sp³-hybridized carbons (Fsp3) is 0.625. The number of aromatic nitrogens is 1. The molecule has 13 heteroatoms. The summed E-state index contributed by atoms with van der Waals surface area (Å²) in [5, 5.41) is 3.96. The van der Waals surface area contributed by atoms with E-state index in [2.05, 4.69) is 10.0 Å². The minimum atomic E-state index is -3.97. The van der Waals surface area contributed by atoms with Crippen LogP contribution in [0.4, 0.5) is 0 Å². The van der Waals surface area contributed by atoms with Crippen molar-refractivity contribution in [2.45, 2.75) is 139 Å². The lowest BCUT2D eigenvalue weighted by Gasteiger charge is -2.36. The van der Waals surface area contributed by atoms with Crippen LogP contribution in [0.15, 0.2) is 36.4 Å². The van der Waals surface area contributed by atoms with Gasteiger partial charge in [0.05, 0.1) is 28.9 Å². The Balaban J connectivity index is 1.23. The van der Waals surface area contributed by atoms with Crippen molar-refractivity contribution in [3.05, 3.63) is 47.7 Å². The largest absolute Gasteiger partial charge is 0.483 e. The van der Waals surface area contributed by atoms with Crippen molar-refractivity contribution >= 4 is 44.6 Å². The molecule has 1 saturated heterocycles. The van der Waals surface area contributed by atoms with E-state index in [1.54, 1.807) is 32.6 Å². The Morgan fingerprint density at radius 1 is 1.09 bits per heavy atom. The maximum Gasteiger partial charge on any atom is 0.307 e. The molecule has 3 amide bonds. The standard InChI is InChI=1S/C40H52N4O8S/c1-25-33-29(28-15-11-12-16-30(28)41-25)17-18-39(52-33)23-31-34(46)42-40(36(48)43-53(49,50)38(5)19-20-38)22-27(40)14-10-8-6-7-9-13-26(35(47)44(31)24-39)21-32(45)51-37(2,3)4/h10-12,14-16,26-27,31H,6-9,13,17-24H2,1-5H3,(H,42,46)(H,43,48)/b14-10-/t26-,27-,31+,39-,40-/m1/s1. The van der Waals surface area contributed by atoms with E-state index in [1.807, 2.05) is 43.3 Å². The summed E-state index contributed by atoms with van der Waals surface area (Å²) in [6.45, 7) is 8.96. The number of carbonyl (C=O) groups is 4. The summed E-state index contributed by atoms with van der Waals surface area (Å²) in [4.78, 5) is 62.8. The van der Waals surface area contributed by atoms with Crippen LogP contribution in [0.2, 0.25) is 0 Å². The number of hydrogen-bond donors (Lipinski definition) is 2. The van der Waals surface area contributed by atoms with E-state index in [9.17, 15) is 27.6 Å². The van der Waals surface area contributed by atoms with Crippen LogP contribution in [0.3, 0.4) is 0 Å². The van der Waals surface area contributed by atoms with Crippen LogP contribution in [-0.2, 0) is 40.4 Å². The van der Waals surface area contributed by atoms with E-state index in [0.29, 0.717) is 44.3 Å². The molecule has 5 aliphatic rings. The van der Waals surface area contributed by atoms with Crippen molar-refractivity contribution in [2.75, 3.05) is 6.54 Å². The van der Waals surface area contributed by atoms with Crippen LogP contribution in [-0.4, -0.2) is 76.1 Å². The van der Waals surface area contributed by atoms with Gasteiger partial charge in [-0.1, -0.05) is 43.2 Å². The van der Waals surface area contributed by atoms with Crippen molar-refractivity contribution < 1.29 is 37.1 Å². The maximum absolute atomic E-state index is 14.7. The fourth-order valence-corrected chi connectivity index (χ4v) is 9.67. The second-order valence-corrected chi connectivity index (χ2v) is 19.4. The molecule has 2 saturated carbocycles. The number of aryl methyl sites for hydroxylation is 2. The molecule has 0 bridgehead atoms. The Morgan fingerprint density at radius 3 is 2.58 bits per heavy atom. The summed E-state index contributed by atoms with van der Waals surface area (Å²) in [5.74, 6) is -2.61. The number of ether oxygens (including phenoxy) is 2. The minimum Gasteiger partial charge on any atom is -0.483 e. The molecule has 2 aliphatic carbocycles. The normalized spacial score (nSPS) is 30.4. The highest BCUT2D eigenvalue weighted by Gasteiger charge is 2.64. The Kier molecular flexibility index (Phi) is 9.43. The molecule has 0 unspecified atom stereocenters. The summed E-state index contributed by atoms with van der Waals surface area (Å²) >= 11 is 0. The first kappa shape index (κ1) is 37.3. The van der Waals surface area contributed by atoms with Gasteiger partial charge in [0.1, 0.15) is 28.5 Å². The number of rotatable bonds is 5. The molecular formula is C40H52N4O8S. The second kappa shape index (κ2) is 13.4. The zero-order valence-electron chi connectivity index (χ0n) is 31.5. The zero-order valence-corrected chi connectivity index (χ0v) is 32.3. The van der Waals surface area contributed by atoms with Crippen LogP contribution < -0.4 is 14.8 Å². The van der Waals surface area contributed by atoms with Gasteiger partial charge in [-0.05, 0) is 92.1 Å². The minimum absolute atomic E-state index is 0.107. The molecule has 1 spiro atoms. The van der Waals surface area contributed by atoms with E-state index in [1.165, 1.54) is 0 Å². The van der Waals surface area contributed by atoms with Gasteiger partial charge in [0.25, 0.3) is 5.91 Å². The number of esters is 1. The van der Waals surface area contributed by atoms with E-state index < -0.39 is 67.2 Å². The van der Waals surface area contributed by atoms with Gasteiger partial charge in [-0.2, -0.15) is 0 Å². The molecule has 0 radical (unpaired) electrons. The number of amides is 3. The molecule has 2 N–H and O–H groups in total. The monoisotopic (exact) mass is 748 g/mol.